The minimum Gasteiger partial charge on any atom is -0.407 e. The molecule has 1 saturated heterocycles. The van der Waals surface area contributed by atoms with Gasteiger partial charge >= 0.3 is 7.12 Å². The van der Waals surface area contributed by atoms with Gasteiger partial charge in [0, 0.05) is 12.7 Å². The Morgan fingerprint density at radius 2 is 2.14 bits per heavy atom. The molecule has 1 atom stereocenters. The second-order valence-electron chi connectivity index (χ2n) is 3.57. The molecule has 1 fully saturated rings. The number of benzene rings is 1. The maximum absolute atomic E-state index is 5.80. The molecular weight excluding hydrogens is 175 g/mol. The molecule has 1 aromatic rings. The van der Waals surface area contributed by atoms with E-state index < -0.39 is 0 Å². The van der Waals surface area contributed by atoms with Crippen LogP contribution < -0.4 is 5.46 Å². The van der Waals surface area contributed by atoms with E-state index in [0.717, 1.165) is 24.9 Å². The van der Waals surface area contributed by atoms with Crippen LogP contribution in [0.25, 0.3) is 0 Å². The minimum atomic E-state index is -0.158. The van der Waals surface area contributed by atoms with Crippen molar-refractivity contribution in [3.8, 4) is 0 Å². The Morgan fingerprint density at radius 3 is 2.86 bits per heavy atom. The molecule has 0 N–H and O–H groups in total. The van der Waals surface area contributed by atoms with Crippen LogP contribution in [0.2, 0.25) is 0 Å². The van der Waals surface area contributed by atoms with Crippen molar-refractivity contribution in [2.75, 3.05) is 6.61 Å². The Labute approximate surface area is 85.4 Å². The predicted octanol–water partition coefficient (Wildman–Crippen LogP) is 1.60. The molecule has 2 rings (SSSR count). The summed E-state index contributed by atoms with van der Waals surface area (Å²) in [6, 6.07) is 10.1. The van der Waals surface area contributed by atoms with Crippen LogP contribution in [-0.4, -0.2) is 19.8 Å². The van der Waals surface area contributed by atoms with Crippen LogP contribution in [0.1, 0.15) is 19.8 Å². The van der Waals surface area contributed by atoms with Crippen molar-refractivity contribution in [3.05, 3.63) is 30.3 Å². The third-order valence-corrected chi connectivity index (χ3v) is 2.55. The zero-order valence-electron chi connectivity index (χ0n) is 8.48. The summed E-state index contributed by atoms with van der Waals surface area (Å²) < 4.78 is 11.4. The first kappa shape index (κ1) is 9.75. The topological polar surface area (TPSA) is 18.5 Å². The van der Waals surface area contributed by atoms with Gasteiger partial charge in [-0.25, -0.2) is 0 Å². The lowest BCUT2D eigenvalue weighted by atomic mass is 9.77. The molecule has 0 aliphatic carbocycles. The van der Waals surface area contributed by atoms with Crippen LogP contribution in [0.15, 0.2) is 30.3 Å². The van der Waals surface area contributed by atoms with E-state index in [-0.39, 0.29) is 7.12 Å². The molecule has 74 valence electrons. The lowest BCUT2D eigenvalue weighted by molar-refractivity contribution is 0.0724. The normalized spacial score (nSPS) is 22.4. The molecule has 1 aliphatic heterocycles. The predicted molar refractivity (Wildman–Crippen MR) is 57.6 cm³/mol. The fraction of sp³-hybridized carbons (Fsp3) is 0.455. The summed E-state index contributed by atoms with van der Waals surface area (Å²) in [6.07, 6.45) is 2.43. The maximum atomic E-state index is 5.80. The van der Waals surface area contributed by atoms with Crippen molar-refractivity contribution in [2.24, 2.45) is 0 Å². The molecule has 14 heavy (non-hydrogen) atoms. The molecular formula is C11H15BO2. The molecule has 0 bridgehead atoms. The highest BCUT2D eigenvalue weighted by molar-refractivity contribution is 6.61. The Kier molecular flexibility index (Phi) is 3.22. The Bertz CT molecular complexity index is 276. The zero-order chi connectivity index (χ0) is 9.80. The standard InChI is InChI=1S/C11H15BO2/c1-2-11-8-9-13-12(14-11)10-6-4-3-5-7-10/h3-7,11H,2,8-9H2,1H3. The smallest absolute Gasteiger partial charge is 0.407 e. The van der Waals surface area contributed by atoms with Crippen LogP contribution >= 0.6 is 0 Å². The molecule has 1 heterocycles. The summed E-state index contributed by atoms with van der Waals surface area (Å²) in [5.41, 5.74) is 1.12. The number of hydrogen-bond acceptors (Lipinski definition) is 2. The van der Waals surface area contributed by atoms with E-state index in [2.05, 4.69) is 6.92 Å². The van der Waals surface area contributed by atoms with Crippen LogP contribution in [0.5, 0.6) is 0 Å². The Balaban J connectivity index is 2.04. The third kappa shape index (κ3) is 2.17. The van der Waals surface area contributed by atoms with Gasteiger partial charge in [0.25, 0.3) is 0 Å². The summed E-state index contributed by atoms with van der Waals surface area (Å²) in [6.45, 7) is 2.95. The van der Waals surface area contributed by atoms with Crippen molar-refractivity contribution in [1.82, 2.24) is 0 Å². The van der Waals surface area contributed by atoms with Gasteiger partial charge in [-0.15, -0.1) is 0 Å². The highest BCUT2D eigenvalue weighted by Crippen LogP contribution is 2.12. The molecule has 0 aromatic heterocycles. The quantitative estimate of drug-likeness (QED) is 0.659. The summed E-state index contributed by atoms with van der Waals surface area (Å²) in [4.78, 5) is 0. The largest absolute Gasteiger partial charge is 0.494 e. The Morgan fingerprint density at radius 1 is 1.36 bits per heavy atom. The number of hydrogen-bond donors (Lipinski definition) is 0. The molecule has 0 radical (unpaired) electrons. The summed E-state index contributed by atoms with van der Waals surface area (Å²) in [5, 5.41) is 0. The monoisotopic (exact) mass is 190 g/mol. The van der Waals surface area contributed by atoms with Crippen LogP contribution in [0.3, 0.4) is 0 Å². The van der Waals surface area contributed by atoms with Crippen molar-refractivity contribution in [1.29, 1.82) is 0 Å². The van der Waals surface area contributed by atoms with Gasteiger partial charge in [0.1, 0.15) is 0 Å². The SMILES string of the molecule is CCC1CCOB(c2ccccc2)O1. The van der Waals surface area contributed by atoms with Crippen molar-refractivity contribution in [2.45, 2.75) is 25.9 Å². The summed E-state index contributed by atoms with van der Waals surface area (Å²) >= 11 is 0. The second kappa shape index (κ2) is 4.62. The fourth-order valence-corrected chi connectivity index (χ4v) is 1.67. The molecule has 3 heteroatoms. The third-order valence-electron chi connectivity index (χ3n) is 2.55. The lowest BCUT2D eigenvalue weighted by Crippen LogP contribution is -2.44. The zero-order valence-corrected chi connectivity index (χ0v) is 8.48. The molecule has 0 spiro atoms. The van der Waals surface area contributed by atoms with E-state index in [1.165, 1.54) is 0 Å². The average molecular weight is 190 g/mol. The van der Waals surface area contributed by atoms with Gasteiger partial charge in [0.15, 0.2) is 0 Å². The highest BCUT2D eigenvalue weighted by atomic mass is 16.6. The highest BCUT2D eigenvalue weighted by Gasteiger charge is 2.28. The van der Waals surface area contributed by atoms with Crippen LogP contribution in [0, 0.1) is 0 Å². The van der Waals surface area contributed by atoms with Crippen molar-refractivity contribution < 1.29 is 9.31 Å². The molecule has 0 saturated carbocycles. The van der Waals surface area contributed by atoms with Crippen LogP contribution in [-0.2, 0) is 9.31 Å². The van der Waals surface area contributed by atoms with Gasteiger partial charge in [-0.3, -0.25) is 0 Å². The summed E-state index contributed by atoms with van der Waals surface area (Å²) in [7, 11) is -0.158. The van der Waals surface area contributed by atoms with E-state index in [0.29, 0.717) is 6.10 Å². The van der Waals surface area contributed by atoms with Gasteiger partial charge in [-0.05, 0) is 18.3 Å². The Hall–Kier alpha value is -0.795. The molecule has 1 unspecified atom stereocenters. The average Bonchev–Trinajstić information content (AvgIpc) is 2.30. The maximum Gasteiger partial charge on any atom is 0.494 e. The first-order valence-electron chi connectivity index (χ1n) is 5.22. The minimum absolute atomic E-state index is 0.158. The van der Waals surface area contributed by atoms with E-state index in [4.69, 9.17) is 9.31 Å². The first-order chi connectivity index (χ1) is 6.90. The van der Waals surface area contributed by atoms with E-state index in [1.807, 2.05) is 30.3 Å². The fourth-order valence-electron chi connectivity index (χ4n) is 1.67. The van der Waals surface area contributed by atoms with E-state index in [1.54, 1.807) is 0 Å². The van der Waals surface area contributed by atoms with Crippen LogP contribution in [0.4, 0.5) is 0 Å². The summed E-state index contributed by atoms with van der Waals surface area (Å²) in [5.74, 6) is 0. The number of rotatable bonds is 2. The van der Waals surface area contributed by atoms with Gasteiger partial charge in [0.05, 0.1) is 0 Å². The van der Waals surface area contributed by atoms with Crippen molar-refractivity contribution in [3.63, 3.8) is 0 Å². The van der Waals surface area contributed by atoms with Gasteiger partial charge in [-0.1, -0.05) is 37.3 Å². The second-order valence-corrected chi connectivity index (χ2v) is 3.57. The van der Waals surface area contributed by atoms with E-state index >= 15 is 0 Å². The lowest BCUT2D eigenvalue weighted by Gasteiger charge is -2.27. The first-order valence-corrected chi connectivity index (χ1v) is 5.22. The van der Waals surface area contributed by atoms with Gasteiger partial charge in [-0.2, -0.15) is 0 Å². The van der Waals surface area contributed by atoms with E-state index in [9.17, 15) is 0 Å². The molecule has 0 amide bonds. The molecule has 1 aliphatic rings. The van der Waals surface area contributed by atoms with Gasteiger partial charge in [0.2, 0.25) is 0 Å². The van der Waals surface area contributed by atoms with Gasteiger partial charge < -0.3 is 9.31 Å². The van der Waals surface area contributed by atoms with Crippen molar-refractivity contribution >= 4 is 12.6 Å². The molecule has 2 nitrogen and oxygen atoms in total. The molecule has 1 aromatic carbocycles.